The second kappa shape index (κ2) is 7.80. The molecule has 27 heavy (non-hydrogen) atoms. The van der Waals surface area contributed by atoms with Crippen molar-refractivity contribution in [1.82, 2.24) is 15.1 Å². The fourth-order valence-corrected chi connectivity index (χ4v) is 4.49. The summed E-state index contributed by atoms with van der Waals surface area (Å²) in [7, 11) is 0. The lowest BCUT2D eigenvalue weighted by molar-refractivity contribution is -0.142. The maximum absolute atomic E-state index is 14.7. The topological polar surface area (TPSA) is 69.2 Å². The van der Waals surface area contributed by atoms with Crippen molar-refractivity contribution in [3.63, 3.8) is 0 Å². The predicted octanol–water partition coefficient (Wildman–Crippen LogP) is 3.47. The van der Waals surface area contributed by atoms with Gasteiger partial charge in [-0.05, 0) is 48.8 Å². The zero-order chi connectivity index (χ0) is 18.8. The van der Waals surface area contributed by atoms with Crippen LogP contribution in [0.15, 0.2) is 30.6 Å². The minimum atomic E-state index is -0.503. The lowest BCUT2D eigenvalue weighted by Gasteiger charge is -2.37. The number of halogens is 1. The van der Waals surface area contributed by atoms with Crippen LogP contribution in [0, 0.1) is 11.7 Å². The molecular formula is C21H26FN3O2. The molecule has 1 saturated carbocycles. The number of nitrogens with zero attached hydrogens (tertiary/aromatic N) is 2. The number of rotatable bonds is 3. The molecule has 0 bridgehead atoms. The second-order valence-corrected chi connectivity index (χ2v) is 7.78. The molecule has 5 nitrogen and oxygen atoms in total. The normalized spacial score (nSPS) is 24.1. The summed E-state index contributed by atoms with van der Waals surface area (Å²) in [4.78, 5) is 14.6. The van der Waals surface area contributed by atoms with Crippen molar-refractivity contribution in [3.05, 3.63) is 42.0 Å². The highest BCUT2D eigenvalue weighted by Crippen LogP contribution is 2.34. The summed E-state index contributed by atoms with van der Waals surface area (Å²) in [6.45, 7) is 1.27. The average molecular weight is 371 g/mol. The van der Waals surface area contributed by atoms with Gasteiger partial charge in [-0.2, -0.15) is 5.10 Å². The Morgan fingerprint density at radius 3 is 2.59 bits per heavy atom. The van der Waals surface area contributed by atoms with E-state index in [0.29, 0.717) is 13.1 Å². The largest absolute Gasteiger partial charge is 0.392 e. The number of carbonyl (C=O) groups excluding carboxylic acids is 1. The summed E-state index contributed by atoms with van der Waals surface area (Å²) < 4.78 is 14.7. The van der Waals surface area contributed by atoms with Gasteiger partial charge in [0.25, 0.3) is 0 Å². The van der Waals surface area contributed by atoms with Crippen LogP contribution in [0.5, 0.6) is 0 Å². The van der Waals surface area contributed by atoms with Gasteiger partial charge in [-0.25, -0.2) is 4.39 Å². The predicted molar refractivity (Wildman–Crippen MR) is 101 cm³/mol. The van der Waals surface area contributed by atoms with E-state index in [-0.39, 0.29) is 23.6 Å². The first-order chi connectivity index (χ1) is 13.1. The zero-order valence-electron chi connectivity index (χ0n) is 15.4. The fraction of sp³-hybridized carbons (Fsp3) is 0.524. The third-order valence-corrected chi connectivity index (χ3v) is 6.13. The van der Waals surface area contributed by atoms with Gasteiger partial charge in [-0.1, -0.05) is 25.0 Å². The number of amides is 1. The third kappa shape index (κ3) is 3.76. The molecule has 2 aliphatic rings. The molecule has 0 radical (unpaired) electrons. The molecule has 144 valence electrons. The summed E-state index contributed by atoms with van der Waals surface area (Å²) >= 11 is 0. The molecule has 1 saturated heterocycles. The molecule has 2 aromatic rings. The number of hydrogen-bond acceptors (Lipinski definition) is 3. The van der Waals surface area contributed by atoms with Gasteiger partial charge in [-0.15, -0.1) is 0 Å². The van der Waals surface area contributed by atoms with Crippen molar-refractivity contribution in [2.24, 2.45) is 5.92 Å². The fourth-order valence-electron chi connectivity index (χ4n) is 4.49. The van der Waals surface area contributed by atoms with Crippen molar-refractivity contribution < 1.29 is 14.3 Å². The average Bonchev–Trinajstić information content (AvgIpc) is 3.23. The van der Waals surface area contributed by atoms with Crippen LogP contribution in [0.2, 0.25) is 0 Å². The summed E-state index contributed by atoms with van der Waals surface area (Å²) in [5, 5.41) is 16.8. The van der Waals surface area contributed by atoms with Crippen LogP contribution in [-0.4, -0.2) is 45.3 Å². The van der Waals surface area contributed by atoms with Crippen LogP contribution >= 0.6 is 0 Å². The highest BCUT2D eigenvalue weighted by atomic mass is 19.1. The zero-order valence-corrected chi connectivity index (χ0v) is 15.4. The van der Waals surface area contributed by atoms with Gasteiger partial charge in [0.05, 0.1) is 18.2 Å². The van der Waals surface area contributed by atoms with Crippen LogP contribution in [0.25, 0.3) is 11.1 Å². The Hall–Kier alpha value is -2.21. The number of likely N-dealkylation sites (tertiary alicyclic amines) is 1. The van der Waals surface area contributed by atoms with E-state index in [4.69, 9.17) is 0 Å². The molecule has 0 unspecified atom stereocenters. The summed E-state index contributed by atoms with van der Waals surface area (Å²) in [5.74, 6) is -0.234. The van der Waals surface area contributed by atoms with E-state index in [1.807, 2.05) is 17.0 Å². The van der Waals surface area contributed by atoms with Gasteiger partial charge in [0.2, 0.25) is 5.91 Å². The number of benzene rings is 1. The lowest BCUT2D eigenvalue weighted by Crippen LogP contribution is -2.45. The van der Waals surface area contributed by atoms with Gasteiger partial charge in [-0.3, -0.25) is 9.89 Å². The van der Waals surface area contributed by atoms with E-state index in [1.54, 1.807) is 18.5 Å². The number of H-pyrrole nitrogens is 1. The van der Waals surface area contributed by atoms with Crippen LogP contribution < -0.4 is 0 Å². The molecule has 1 aromatic heterocycles. The minimum Gasteiger partial charge on any atom is -0.392 e. The number of hydrogen-bond donors (Lipinski definition) is 2. The molecule has 4 rings (SSSR count). The van der Waals surface area contributed by atoms with E-state index < -0.39 is 6.10 Å². The van der Waals surface area contributed by atoms with E-state index >= 15 is 0 Å². The summed E-state index contributed by atoms with van der Waals surface area (Å²) in [5.41, 5.74) is 2.41. The Kier molecular flexibility index (Phi) is 5.25. The molecule has 6 heteroatoms. The number of piperidine rings is 1. The van der Waals surface area contributed by atoms with Crippen molar-refractivity contribution in [3.8, 4) is 11.1 Å². The molecule has 0 spiro atoms. The highest BCUT2D eigenvalue weighted by molar-refractivity contribution is 5.79. The highest BCUT2D eigenvalue weighted by Gasteiger charge is 2.34. The van der Waals surface area contributed by atoms with Gasteiger partial charge >= 0.3 is 0 Å². The minimum absolute atomic E-state index is 0.0800. The molecule has 1 aromatic carbocycles. The molecule has 2 heterocycles. The number of nitrogens with one attached hydrogen (secondary N) is 1. The van der Waals surface area contributed by atoms with E-state index in [9.17, 15) is 14.3 Å². The van der Waals surface area contributed by atoms with Gasteiger partial charge in [0.15, 0.2) is 0 Å². The molecule has 1 aliphatic heterocycles. The number of aliphatic hydroxyl groups is 1. The first-order valence-corrected chi connectivity index (χ1v) is 9.89. The van der Waals surface area contributed by atoms with E-state index in [2.05, 4.69) is 10.2 Å². The summed E-state index contributed by atoms with van der Waals surface area (Å²) in [6.07, 6.45) is 7.96. The smallest absolute Gasteiger partial charge is 0.228 e. The maximum atomic E-state index is 14.7. The lowest BCUT2D eigenvalue weighted by atomic mass is 9.84. The Bertz CT molecular complexity index is 785. The Morgan fingerprint density at radius 1 is 1.15 bits per heavy atom. The maximum Gasteiger partial charge on any atom is 0.228 e. The third-order valence-electron chi connectivity index (χ3n) is 6.13. The van der Waals surface area contributed by atoms with Crippen molar-refractivity contribution in [2.45, 2.75) is 50.5 Å². The van der Waals surface area contributed by atoms with Crippen LogP contribution in [0.4, 0.5) is 4.39 Å². The SMILES string of the molecule is O=C([C@H]1CCCC[C@@H]1O)N1CCC(c2ccc(-c3cn[nH]c3)cc2F)CC1. The first kappa shape index (κ1) is 18.2. The standard InChI is InChI=1S/C21H26FN3O2/c22-19-11-15(16-12-23-24-13-16)5-6-17(19)14-7-9-25(10-8-14)21(27)18-3-1-2-4-20(18)26/h5-6,11-14,18,20,26H,1-4,7-10H2,(H,23,24)/t18-,20-/m0/s1. The van der Waals surface area contributed by atoms with Crippen LogP contribution in [0.3, 0.4) is 0 Å². The Labute approximate surface area is 158 Å². The Morgan fingerprint density at radius 2 is 1.93 bits per heavy atom. The van der Waals surface area contributed by atoms with Crippen molar-refractivity contribution >= 4 is 5.91 Å². The van der Waals surface area contributed by atoms with E-state index in [1.165, 1.54) is 0 Å². The van der Waals surface area contributed by atoms with Gasteiger partial charge < -0.3 is 10.0 Å². The molecule has 2 N–H and O–H groups in total. The number of aliphatic hydroxyl groups excluding tert-OH is 1. The molecule has 2 atom stereocenters. The van der Waals surface area contributed by atoms with Crippen molar-refractivity contribution in [1.29, 1.82) is 0 Å². The van der Waals surface area contributed by atoms with Crippen LogP contribution in [-0.2, 0) is 4.79 Å². The number of aromatic amines is 1. The molecule has 1 amide bonds. The van der Waals surface area contributed by atoms with Gasteiger partial charge in [0, 0.05) is 24.8 Å². The summed E-state index contributed by atoms with van der Waals surface area (Å²) in [6, 6.07) is 5.36. The monoisotopic (exact) mass is 371 g/mol. The molecule has 2 fully saturated rings. The number of carbonyl (C=O) groups is 1. The van der Waals surface area contributed by atoms with Crippen molar-refractivity contribution in [2.75, 3.05) is 13.1 Å². The second-order valence-electron chi connectivity index (χ2n) is 7.78. The molecule has 1 aliphatic carbocycles. The van der Waals surface area contributed by atoms with Crippen LogP contribution in [0.1, 0.15) is 50.0 Å². The number of aromatic nitrogens is 2. The Balaban J connectivity index is 1.40. The first-order valence-electron chi connectivity index (χ1n) is 9.89. The van der Waals surface area contributed by atoms with Gasteiger partial charge in [0.1, 0.15) is 5.82 Å². The molecular weight excluding hydrogens is 345 g/mol. The van der Waals surface area contributed by atoms with E-state index in [0.717, 1.165) is 55.2 Å². The quantitative estimate of drug-likeness (QED) is 0.868.